The first-order chi connectivity index (χ1) is 9.35. The molecule has 2 rings (SSSR count). The quantitative estimate of drug-likeness (QED) is 0.853. The van der Waals surface area contributed by atoms with Crippen LogP contribution >= 0.6 is 0 Å². The van der Waals surface area contributed by atoms with E-state index >= 15 is 0 Å². The molecular weight excluding hydrogens is 234 g/mol. The number of methoxy groups -OCH3 is 1. The van der Waals surface area contributed by atoms with Crippen molar-refractivity contribution in [3.05, 3.63) is 65.7 Å². The Morgan fingerprint density at radius 1 is 0.947 bits per heavy atom. The van der Waals surface area contributed by atoms with Crippen LogP contribution in [0.1, 0.15) is 23.5 Å². The van der Waals surface area contributed by atoms with Gasteiger partial charge in [-0.15, -0.1) is 0 Å². The Kier molecular flexibility index (Phi) is 4.99. The normalized spacial score (nSPS) is 12.1. The highest BCUT2D eigenvalue weighted by Crippen LogP contribution is 2.28. The number of benzene rings is 2. The molecule has 0 saturated carbocycles. The maximum atomic E-state index is 5.22. The van der Waals surface area contributed by atoms with Crippen LogP contribution < -0.4 is 10.1 Å². The second-order valence-electron chi connectivity index (χ2n) is 4.63. The van der Waals surface area contributed by atoms with Crippen molar-refractivity contribution in [2.24, 2.45) is 0 Å². The minimum atomic E-state index is 0.430. The third-order valence-corrected chi connectivity index (χ3v) is 3.40. The lowest BCUT2D eigenvalue weighted by molar-refractivity contribution is 0.414. The smallest absolute Gasteiger partial charge is 0.118 e. The lowest BCUT2D eigenvalue weighted by atomic mass is 9.88. The van der Waals surface area contributed by atoms with E-state index in [9.17, 15) is 0 Å². The van der Waals surface area contributed by atoms with Gasteiger partial charge in [-0.25, -0.2) is 0 Å². The van der Waals surface area contributed by atoms with Crippen LogP contribution in [0.15, 0.2) is 54.6 Å². The summed E-state index contributed by atoms with van der Waals surface area (Å²) in [6.45, 7) is 1.01. The molecule has 0 bridgehead atoms. The predicted molar refractivity (Wildman–Crippen MR) is 79.8 cm³/mol. The van der Waals surface area contributed by atoms with Gasteiger partial charge in [-0.2, -0.15) is 0 Å². The third-order valence-electron chi connectivity index (χ3n) is 3.40. The van der Waals surface area contributed by atoms with Crippen molar-refractivity contribution in [3.8, 4) is 5.75 Å². The van der Waals surface area contributed by atoms with Crippen molar-refractivity contribution < 1.29 is 4.74 Å². The Labute approximate surface area is 115 Å². The summed E-state index contributed by atoms with van der Waals surface area (Å²) in [6, 6.07) is 19.0. The summed E-state index contributed by atoms with van der Waals surface area (Å²) < 4.78 is 5.22. The monoisotopic (exact) mass is 255 g/mol. The van der Waals surface area contributed by atoms with E-state index in [1.807, 2.05) is 19.2 Å². The zero-order valence-corrected chi connectivity index (χ0v) is 11.6. The molecule has 0 radical (unpaired) electrons. The van der Waals surface area contributed by atoms with Crippen LogP contribution in [-0.2, 0) is 0 Å². The summed E-state index contributed by atoms with van der Waals surface area (Å²) in [6.07, 6.45) is 1.09. The third kappa shape index (κ3) is 3.58. The molecule has 1 atom stereocenters. The van der Waals surface area contributed by atoms with Crippen LogP contribution in [0, 0.1) is 0 Å². The van der Waals surface area contributed by atoms with Crippen molar-refractivity contribution in [3.63, 3.8) is 0 Å². The Morgan fingerprint density at radius 3 is 2.16 bits per heavy atom. The number of hydrogen-bond acceptors (Lipinski definition) is 2. The summed E-state index contributed by atoms with van der Waals surface area (Å²) in [4.78, 5) is 0. The molecule has 0 aromatic heterocycles. The van der Waals surface area contributed by atoms with E-state index in [-0.39, 0.29) is 0 Å². The fraction of sp³-hybridized carbons (Fsp3) is 0.294. The molecule has 0 fully saturated rings. The Bertz CT molecular complexity index is 478. The summed E-state index contributed by atoms with van der Waals surface area (Å²) in [5.41, 5.74) is 2.70. The molecule has 0 spiro atoms. The molecule has 0 aliphatic heterocycles. The first-order valence-electron chi connectivity index (χ1n) is 6.68. The Balaban J connectivity index is 2.26. The molecule has 0 saturated heterocycles. The molecule has 0 amide bonds. The molecule has 1 N–H and O–H groups in total. The van der Waals surface area contributed by atoms with Crippen LogP contribution in [0.3, 0.4) is 0 Å². The number of rotatable bonds is 6. The molecule has 100 valence electrons. The van der Waals surface area contributed by atoms with E-state index in [4.69, 9.17) is 4.74 Å². The first kappa shape index (κ1) is 13.6. The second kappa shape index (κ2) is 6.95. The molecule has 0 heterocycles. The van der Waals surface area contributed by atoms with Crippen LogP contribution in [-0.4, -0.2) is 20.7 Å². The van der Waals surface area contributed by atoms with E-state index < -0.39 is 0 Å². The van der Waals surface area contributed by atoms with Gasteiger partial charge in [0.1, 0.15) is 5.75 Å². The van der Waals surface area contributed by atoms with Crippen LogP contribution in [0.25, 0.3) is 0 Å². The van der Waals surface area contributed by atoms with Gasteiger partial charge in [0.15, 0.2) is 0 Å². The lowest BCUT2D eigenvalue weighted by Crippen LogP contribution is -2.13. The fourth-order valence-corrected chi connectivity index (χ4v) is 2.34. The van der Waals surface area contributed by atoms with E-state index in [0.717, 1.165) is 18.7 Å². The van der Waals surface area contributed by atoms with Gasteiger partial charge in [0.25, 0.3) is 0 Å². The summed E-state index contributed by atoms with van der Waals surface area (Å²) in [5, 5.41) is 3.24. The van der Waals surface area contributed by atoms with E-state index in [1.165, 1.54) is 11.1 Å². The van der Waals surface area contributed by atoms with E-state index in [2.05, 4.69) is 47.8 Å². The Hall–Kier alpha value is -1.80. The molecule has 2 aromatic carbocycles. The van der Waals surface area contributed by atoms with Crippen molar-refractivity contribution in [2.75, 3.05) is 20.7 Å². The molecule has 1 unspecified atom stereocenters. The zero-order valence-electron chi connectivity index (χ0n) is 11.6. The largest absolute Gasteiger partial charge is 0.497 e. The van der Waals surface area contributed by atoms with Gasteiger partial charge < -0.3 is 10.1 Å². The molecule has 0 aliphatic carbocycles. The summed E-state index contributed by atoms with van der Waals surface area (Å²) in [5.74, 6) is 1.34. The Morgan fingerprint density at radius 2 is 1.58 bits per heavy atom. The molecule has 2 aromatic rings. The average Bonchev–Trinajstić information content (AvgIpc) is 2.49. The van der Waals surface area contributed by atoms with Crippen molar-refractivity contribution in [2.45, 2.75) is 12.3 Å². The molecule has 2 nitrogen and oxygen atoms in total. The van der Waals surface area contributed by atoms with E-state index in [1.54, 1.807) is 7.11 Å². The van der Waals surface area contributed by atoms with Gasteiger partial charge in [0, 0.05) is 5.92 Å². The summed E-state index contributed by atoms with van der Waals surface area (Å²) in [7, 11) is 3.70. The van der Waals surface area contributed by atoms with E-state index in [0.29, 0.717) is 5.92 Å². The maximum absolute atomic E-state index is 5.22. The van der Waals surface area contributed by atoms with Gasteiger partial charge in [-0.1, -0.05) is 42.5 Å². The molecule has 19 heavy (non-hydrogen) atoms. The van der Waals surface area contributed by atoms with Crippen LogP contribution in [0.2, 0.25) is 0 Å². The SMILES string of the molecule is CNCCC(c1ccccc1)c1ccc(OC)cc1. The second-order valence-corrected chi connectivity index (χ2v) is 4.63. The minimum absolute atomic E-state index is 0.430. The predicted octanol–water partition coefficient (Wildman–Crippen LogP) is 3.44. The zero-order chi connectivity index (χ0) is 13.5. The number of nitrogens with one attached hydrogen (secondary N) is 1. The highest BCUT2D eigenvalue weighted by atomic mass is 16.5. The van der Waals surface area contributed by atoms with Crippen molar-refractivity contribution >= 4 is 0 Å². The fourth-order valence-electron chi connectivity index (χ4n) is 2.34. The number of hydrogen-bond donors (Lipinski definition) is 1. The van der Waals surface area contributed by atoms with Crippen molar-refractivity contribution in [1.29, 1.82) is 0 Å². The van der Waals surface area contributed by atoms with Gasteiger partial charge in [-0.3, -0.25) is 0 Å². The molecule has 0 aliphatic rings. The van der Waals surface area contributed by atoms with Gasteiger partial charge in [0.2, 0.25) is 0 Å². The van der Waals surface area contributed by atoms with Crippen LogP contribution in [0.5, 0.6) is 5.75 Å². The minimum Gasteiger partial charge on any atom is -0.497 e. The van der Waals surface area contributed by atoms with Gasteiger partial charge in [0.05, 0.1) is 7.11 Å². The number of ether oxygens (including phenoxy) is 1. The first-order valence-corrected chi connectivity index (χ1v) is 6.68. The molecular formula is C17H21NO. The maximum Gasteiger partial charge on any atom is 0.118 e. The highest BCUT2D eigenvalue weighted by molar-refractivity contribution is 5.36. The average molecular weight is 255 g/mol. The van der Waals surface area contributed by atoms with Crippen LogP contribution in [0.4, 0.5) is 0 Å². The summed E-state index contributed by atoms with van der Waals surface area (Å²) >= 11 is 0. The van der Waals surface area contributed by atoms with Gasteiger partial charge >= 0.3 is 0 Å². The standard InChI is InChI=1S/C17H21NO/c1-18-13-12-17(14-6-4-3-5-7-14)15-8-10-16(19-2)11-9-15/h3-11,17-18H,12-13H2,1-2H3. The highest BCUT2D eigenvalue weighted by Gasteiger charge is 2.13. The lowest BCUT2D eigenvalue weighted by Gasteiger charge is -2.18. The van der Waals surface area contributed by atoms with Crippen molar-refractivity contribution in [1.82, 2.24) is 5.32 Å². The molecule has 2 heteroatoms. The van der Waals surface area contributed by atoms with Gasteiger partial charge in [-0.05, 0) is 43.3 Å². The topological polar surface area (TPSA) is 21.3 Å².